The van der Waals surface area contributed by atoms with Crippen molar-refractivity contribution in [3.8, 4) is 5.75 Å². The SMILES string of the molecule is CCCCCCCCCC(=O)Oc1ccc2c(C)cc(=O)oc2c1. The lowest BCUT2D eigenvalue weighted by atomic mass is 10.1. The fourth-order valence-corrected chi connectivity index (χ4v) is 2.78. The van der Waals surface area contributed by atoms with Crippen LogP contribution in [0.4, 0.5) is 0 Å². The standard InChI is InChI=1S/C20H26O4/c1-3-4-5-6-7-8-9-10-19(21)23-16-11-12-17-15(2)13-20(22)24-18(17)14-16/h11-14H,3-10H2,1-2H3. The zero-order chi connectivity index (χ0) is 17.4. The van der Waals surface area contributed by atoms with E-state index in [2.05, 4.69) is 6.92 Å². The molecule has 0 amide bonds. The van der Waals surface area contributed by atoms with Crippen molar-refractivity contribution in [2.75, 3.05) is 0 Å². The highest BCUT2D eigenvalue weighted by atomic mass is 16.5. The lowest BCUT2D eigenvalue weighted by Crippen LogP contribution is -2.07. The van der Waals surface area contributed by atoms with Crippen LogP contribution in [0.2, 0.25) is 0 Å². The highest BCUT2D eigenvalue weighted by Crippen LogP contribution is 2.22. The Labute approximate surface area is 142 Å². The van der Waals surface area contributed by atoms with E-state index in [-0.39, 0.29) is 5.97 Å². The first-order valence-electron chi connectivity index (χ1n) is 8.85. The number of esters is 1. The number of unbranched alkanes of at least 4 members (excludes halogenated alkanes) is 6. The summed E-state index contributed by atoms with van der Waals surface area (Å²) < 4.78 is 10.5. The molecule has 4 nitrogen and oxygen atoms in total. The maximum Gasteiger partial charge on any atom is 0.336 e. The summed E-state index contributed by atoms with van der Waals surface area (Å²) >= 11 is 0. The molecule has 130 valence electrons. The van der Waals surface area contributed by atoms with Crippen LogP contribution >= 0.6 is 0 Å². The molecule has 2 rings (SSSR count). The zero-order valence-corrected chi connectivity index (χ0v) is 14.6. The smallest absolute Gasteiger partial charge is 0.336 e. The molecule has 0 spiro atoms. The molecule has 0 aliphatic heterocycles. The van der Waals surface area contributed by atoms with Crippen molar-refractivity contribution in [1.82, 2.24) is 0 Å². The van der Waals surface area contributed by atoms with Gasteiger partial charge in [0.2, 0.25) is 0 Å². The van der Waals surface area contributed by atoms with E-state index in [0.717, 1.165) is 23.8 Å². The van der Waals surface area contributed by atoms with E-state index in [1.54, 1.807) is 12.1 Å². The average molecular weight is 330 g/mol. The molecule has 0 fully saturated rings. The van der Waals surface area contributed by atoms with Crippen molar-refractivity contribution >= 4 is 16.9 Å². The molecule has 2 aromatic rings. The topological polar surface area (TPSA) is 56.5 Å². The number of carbonyl (C=O) groups is 1. The lowest BCUT2D eigenvalue weighted by molar-refractivity contribution is -0.134. The van der Waals surface area contributed by atoms with E-state index in [0.29, 0.717) is 17.8 Å². The van der Waals surface area contributed by atoms with Gasteiger partial charge in [-0.2, -0.15) is 0 Å². The minimum absolute atomic E-state index is 0.238. The number of fused-ring (bicyclic) bond motifs is 1. The van der Waals surface area contributed by atoms with Gasteiger partial charge in [-0.1, -0.05) is 45.4 Å². The van der Waals surface area contributed by atoms with Crippen LogP contribution in [-0.2, 0) is 4.79 Å². The van der Waals surface area contributed by atoms with Crippen LogP contribution in [0.15, 0.2) is 33.5 Å². The molecule has 0 saturated carbocycles. The van der Waals surface area contributed by atoms with Gasteiger partial charge in [-0.05, 0) is 31.0 Å². The number of ether oxygens (including phenoxy) is 1. The Kier molecular flexibility index (Phi) is 7.04. The largest absolute Gasteiger partial charge is 0.426 e. The first-order valence-corrected chi connectivity index (χ1v) is 8.85. The third-order valence-electron chi connectivity index (χ3n) is 4.14. The summed E-state index contributed by atoms with van der Waals surface area (Å²) in [7, 11) is 0. The Balaban J connectivity index is 1.81. The highest BCUT2D eigenvalue weighted by Gasteiger charge is 2.08. The van der Waals surface area contributed by atoms with Crippen molar-refractivity contribution in [1.29, 1.82) is 0 Å². The van der Waals surface area contributed by atoms with Gasteiger partial charge in [0, 0.05) is 23.9 Å². The van der Waals surface area contributed by atoms with E-state index in [1.807, 2.05) is 13.0 Å². The van der Waals surface area contributed by atoms with Gasteiger partial charge in [0.15, 0.2) is 0 Å². The fourth-order valence-electron chi connectivity index (χ4n) is 2.78. The van der Waals surface area contributed by atoms with E-state index >= 15 is 0 Å². The molecule has 0 N–H and O–H groups in total. The van der Waals surface area contributed by atoms with Gasteiger partial charge in [0.25, 0.3) is 0 Å². The molecule has 0 saturated heterocycles. The molecule has 0 aliphatic carbocycles. The van der Waals surface area contributed by atoms with E-state index in [9.17, 15) is 9.59 Å². The van der Waals surface area contributed by atoms with Gasteiger partial charge in [-0.15, -0.1) is 0 Å². The van der Waals surface area contributed by atoms with Crippen LogP contribution in [0.5, 0.6) is 5.75 Å². The molecule has 0 radical (unpaired) electrons. The van der Waals surface area contributed by atoms with Crippen LogP contribution in [0.3, 0.4) is 0 Å². The van der Waals surface area contributed by atoms with Crippen molar-refractivity contribution in [3.63, 3.8) is 0 Å². The quantitative estimate of drug-likeness (QED) is 0.276. The summed E-state index contributed by atoms with van der Waals surface area (Å²) in [5.41, 5.74) is 0.898. The molecular formula is C20H26O4. The third-order valence-corrected chi connectivity index (χ3v) is 4.14. The molecule has 0 unspecified atom stereocenters. The van der Waals surface area contributed by atoms with Crippen LogP contribution in [0, 0.1) is 6.92 Å². The monoisotopic (exact) mass is 330 g/mol. The summed E-state index contributed by atoms with van der Waals surface area (Å²) in [6.45, 7) is 4.06. The Hall–Kier alpha value is -2.10. The van der Waals surface area contributed by atoms with Gasteiger partial charge >= 0.3 is 11.6 Å². The van der Waals surface area contributed by atoms with Crippen LogP contribution in [-0.4, -0.2) is 5.97 Å². The fraction of sp³-hybridized carbons (Fsp3) is 0.500. The molecule has 24 heavy (non-hydrogen) atoms. The zero-order valence-electron chi connectivity index (χ0n) is 14.6. The lowest BCUT2D eigenvalue weighted by Gasteiger charge is -2.06. The Morgan fingerprint density at radius 2 is 1.75 bits per heavy atom. The van der Waals surface area contributed by atoms with Gasteiger partial charge in [0.05, 0.1) is 0 Å². The van der Waals surface area contributed by atoms with E-state index in [4.69, 9.17) is 9.15 Å². The third kappa shape index (κ3) is 5.52. The molecule has 0 aliphatic rings. The summed E-state index contributed by atoms with van der Waals surface area (Å²) in [5, 5.41) is 0.849. The van der Waals surface area contributed by atoms with Gasteiger partial charge in [0.1, 0.15) is 11.3 Å². The molecule has 1 aromatic carbocycles. The average Bonchev–Trinajstić information content (AvgIpc) is 2.53. The second-order valence-corrected chi connectivity index (χ2v) is 6.25. The van der Waals surface area contributed by atoms with E-state index in [1.165, 1.54) is 38.2 Å². The highest BCUT2D eigenvalue weighted by molar-refractivity contribution is 5.82. The first kappa shape index (κ1) is 18.2. The molecule has 1 heterocycles. The van der Waals surface area contributed by atoms with Crippen LogP contribution in [0.25, 0.3) is 11.0 Å². The molecule has 0 bridgehead atoms. The van der Waals surface area contributed by atoms with Crippen molar-refractivity contribution in [2.45, 2.75) is 65.2 Å². The van der Waals surface area contributed by atoms with Crippen LogP contribution < -0.4 is 10.4 Å². The first-order chi connectivity index (χ1) is 11.6. The maximum atomic E-state index is 11.9. The van der Waals surface area contributed by atoms with Crippen LogP contribution in [0.1, 0.15) is 63.9 Å². The normalized spacial score (nSPS) is 10.9. The van der Waals surface area contributed by atoms with Gasteiger partial charge in [-0.25, -0.2) is 4.79 Å². The molecule has 1 aromatic heterocycles. The number of rotatable bonds is 9. The summed E-state index contributed by atoms with van der Waals surface area (Å²) in [6, 6.07) is 6.60. The Morgan fingerprint density at radius 3 is 2.50 bits per heavy atom. The van der Waals surface area contributed by atoms with Crippen molar-refractivity contribution in [3.05, 3.63) is 40.2 Å². The number of hydrogen-bond acceptors (Lipinski definition) is 4. The molecule has 0 atom stereocenters. The minimum Gasteiger partial charge on any atom is -0.426 e. The molecule has 4 heteroatoms. The summed E-state index contributed by atoms with van der Waals surface area (Å²) in [6.07, 6.45) is 8.57. The predicted molar refractivity (Wildman–Crippen MR) is 95.5 cm³/mol. The Morgan fingerprint density at radius 1 is 1.04 bits per heavy atom. The second kappa shape index (κ2) is 9.26. The number of carbonyl (C=O) groups excluding carboxylic acids is 1. The van der Waals surface area contributed by atoms with E-state index < -0.39 is 5.63 Å². The predicted octanol–water partition coefficient (Wildman–Crippen LogP) is 5.15. The summed E-state index contributed by atoms with van der Waals surface area (Å²) in [5.74, 6) is 0.183. The van der Waals surface area contributed by atoms with Crippen molar-refractivity contribution < 1.29 is 13.9 Å². The second-order valence-electron chi connectivity index (χ2n) is 6.25. The number of hydrogen-bond donors (Lipinski definition) is 0. The molecular weight excluding hydrogens is 304 g/mol. The minimum atomic E-state index is -0.397. The van der Waals surface area contributed by atoms with Gasteiger partial charge in [-0.3, -0.25) is 4.79 Å². The van der Waals surface area contributed by atoms with Gasteiger partial charge < -0.3 is 9.15 Å². The Bertz CT molecular complexity index is 730. The number of benzene rings is 1. The van der Waals surface area contributed by atoms with Crippen molar-refractivity contribution in [2.24, 2.45) is 0 Å². The number of aryl methyl sites for hydroxylation is 1. The maximum absolute atomic E-state index is 11.9. The summed E-state index contributed by atoms with van der Waals surface area (Å²) in [4.78, 5) is 23.3.